The number of fused-ring (bicyclic) bond motifs is 4. The van der Waals surface area contributed by atoms with Gasteiger partial charge in [-0.25, -0.2) is 5.21 Å². The summed E-state index contributed by atoms with van der Waals surface area (Å²) >= 11 is 0. The molecule has 0 aliphatic carbocycles. The van der Waals surface area contributed by atoms with Gasteiger partial charge in [-0.1, -0.05) is 30.3 Å². The van der Waals surface area contributed by atoms with Crippen LogP contribution in [-0.4, -0.2) is 63.6 Å². The maximum absolute atomic E-state index is 13.6. The molecule has 35 heavy (non-hydrogen) atoms. The van der Waals surface area contributed by atoms with E-state index in [2.05, 4.69) is 4.98 Å². The highest BCUT2D eigenvalue weighted by Crippen LogP contribution is 2.42. The summed E-state index contributed by atoms with van der Waals surface area (Å²) in [7, 11) is 0. The van der Waals surface area contributed by atoms with Gasteiger partial charge >= 0.3 is 0 Å². The smallest absolute Gasteiger partial charge is 0.246 e. The molecule has 0 saturated carbocycles. The normalized spacial score (nSPS) is 20.9. The monoisotopic (exact) mass is 478 g/mol. The molecule has 184 valence electrons. The molecule has 2 aliphatic heterocycles. The molecular formula is C26H30N4O5. The number of H-pyrrole nitrogens is 1. The fourth-order valence-electron chi connectivity index (χ4n) is 5.28. The van der Waals surface area contributed by atoms with Crippen LogP contribution in [0.4, 0.5) is 5.69 Å². The second kappa shape index (κ2) is 9.43. The van der Waals surface area contributed by atoms with E-state index in [4.69, 9.17) is 4.74 Å². The Kier molecular flexibility index (Phi) is 6.33. The Balaban J connectivity index is 1.54. The van der Waals surface area contributed by atoms with Crippen molar-refractivity contribution >= 4 is 28.4 Å². The molecule has 5 rings (SSSR count). The number of piperazine rings is 1. The van der Waals surface area contributed by atoms with Crippen molar-refractivity contribution < 1.29 is 24.8 Å². The minimum atomic E-state index is -1.04. The van der Waals surface area contributed by atoms with Crippen molar-refractivity contribution in [2.45, 2.75) is 44.9 Å². The predicted molar refractivity (Wildman–Crippen MR) is 129 cm³/mol. The number of nitrogens with zero attached hydrogens (tertiary/aromatic N) is 2. The Labute approximate surface area is 203 Å². The van der Waals surface area contributed by atoms with Crippen LogP contribution < -0.4 is 5.23 Å². The summed E-state index contributed by atoms with van der Waals surface area (Å²) in [5, 5.41) is 21.2. The third-order valence-electron chi connectivity index (χ3n) is 6.82. The van der Waals surface area contributed by atoms with Crippen molar-refractivity contribution in [1.82, 2.24) is 14.8 Å². The van der Waals surface area contributed by atoms with E-state index >= 15 is 0 Å². The van der Waals surface area contributed by atoms with Crippen molar-refractivity contribution in [3.63, 3.8) is 0 Å². The fraction of sp³-hybridized carbons (Fsp3) is 0.385. The number of aromatic nitrogens is 1. The Morgan fingerprint density at radius 1 is 1.20 bits per heavy atom. The highest BCUT2D eigenvalue weighted by Gasteiger charge is 2.48. The zero-order valence-electron chi connectivity index (χ0n) is 19.9. The number of ether oxygens (including phenoxy) is 1. The van der Waals surface area contributed by atoms with Gasteiger partial charge in [0.2, 0.25) is 11.8 Å². The fourth-order valence-corrected chi connectivity index (χ4v) is 5.28. The molecule has 1 aromatic heterocycles. The summed E-state index contributed by atoms with van der Waals surface area (Å²) in [6, 6.07) is 13.3. The van der Waals surface area contributed by atoms with Crippen molar-refractivity contribution in [3.8, 4) is 0 Å². The zero-order chi connectivity index (χ0) is 24.7. The third-order valence-corrected chi connectivity index (χ3v) is 6.82. The van der Waals surface area contributed by atoms with Crippen LogP contribution in [0.3, 0.4) is 0 Å². The number of hydrogen-bond donors (Lipinski definition) is 3. The number of carbonyl (C=O) groups is 2. The standard InChI is InChI=1S/C26H30N4O5/c1-16(2)35-12-6-11-28-15-23(31)29-22(26(28)32)14-20-19-9-3-4-10-21(19)27-24(20)25(29)17-7-5-8-18(13-17)30(33)34/h3-5,7-10,13,16,22,25,27,30,33H,6,11-12,14-15H2,1-2H3. The first-order valence-electron chi connectivity index (χ1n) is 12.0. The molecule has 3 unspecified atom stereocenters. The Hall–Kier alpha value is -3.24. The van der Waals surface area contributed by atoms with Crippen molar-refractivity contribution in [2.75, 3.05) is 19.7 Å². The highest BCUT2D eigenvalue weighted by atomic mass is 16.8. The molecule has 3 N–H and O–H groups in total. The molecule has 0 spiro atoms. The highest BCUT2D eigenvalue weighted by molar-refractivity contribution is 5.97. The van der Waals surface area contributed by atoms with Gasteiger partial charge in [0.1, 0.15) is 6.04 Å². The first kappa shape index (κ1) is 23.5. The second-order valence-corrected chi connectivity index (χ2v) is 9.45. The van der Waals surface area contributed by atoms with Gasteiger partial charge in [-0.05, 0) is 37.5 Å². The van der Waals surface area contributed by atoms with Crippen molar-refractivity contribution in [2.24, 2.45) is 0 Å². The molecule has 3 aromatic rings. The number of rotatable bonds is 7. The summed E-state index contributed by atoms with van der Waals surface area (Å²) in [6.45, 7) is 4.92. The van der Waals surface area contributed by atoms with Crippen LogP contribution in [0.1, 0.15) is 43.1 Å². The molecule has 9 nitrogen and oxygen atoms in total. The maximum atomic E-state index is 13.6. The van der Waals surface area contributed by atoms with Crippen LogP contribution in [0.2, 0.25) is 0 Å². The minimum Gasteiger partial charge on any atom is -0.595 e. The summed E-state index contributed by atoms with van der Waals surface area (Å²) in [4.78, 5) is 33.9. The number of quaternary nitrogens is 1. The van der Waals surface area contributed by atoms with Gasteiger partial charge < -0.3 is 24.7 Å². The number of amides is 2. The van der Waals surface area contributed by atoms with E-state index in [-0.39, 0.29) is 30.2 Å². The van der Waals surface area contributed by atoms with E-state index in [1.54, 1.807) is 21.9 Å². The van der Waals surface area contributed by atoms with Gasteiger partial charge in [0.05, 0.1) is 18.7 Å². The summed E-state index contributed by atoms with van der Waals surface area (Å²) < 4.78 is 5.61. The number of carbonyl (C=O) groups excluding carboxylic acids is 2. The van der Waals surface area contributed by atoms with E-state index in [1.807, 2.05) is 44.2 Å². The number of para-hydroxylation sites is 1. The summed E-state index contributed by atoms with van der Waals surface area (Å²) in [5.41, 5.74) is 3.58. The largest absolute Gasteiger partial charge is 0.595 e. The van der Waals surface area contributed by atoms with E-state index < -0.39 is 17.3 Å². The average molecular weight is 479 g/mol. The lowest BCUT2D eigenvalue weighted by Gasteiger charge is -2.47. The van der Waals surface area contributed by atoms with Crippen molar-refractivity contribution in [3.05, 3.63) is 70.6 Å². The summed E-state index contributed by atoms with van der Waals surface area (Å²) in [5.74, 6) is -0.223. The van der Waals surface area contributed by atoms with Gasteiger partial charge in [0.25, 0.3) is 0 Å². The number of aromatic amines is 1. The molecule has 1 saturated heterocycles. The molecule has 1 fully saturated rings. The molecular weight excluding hydrogens is 448 g/mol. The molecule has 2 aromatic carbocycles. The predicted octanol–water partition coefficient (Wildman–Crippen LogP) is 2.07. The minimum absolute atomic E-state index is 0.00168. The van der Waals surface area contributed by atoms with E-state index in [9.17, 15) is 20.0 Å². The van der Waals surface area contributed by atoms with Gasteiger partial charge in [-0.15, -0.1) is 0 Å². The number of hydrogen-bond acceptors (Lipinski definition) is 5. The Morgan fingerprint density at radius 3 is 2.77 bits per heavy atom. The van der Waals surface area contributed by atoms with Crippen LogP contribution in [0, 0.1) is 5.21 Å². The lowest BCUT2D eigenvalue weighted by molar-refractivity contribution is -0.991. The Morgan fingerprint density at radius 2 is 2.00 bits per heavy atom. The lowest BCUT2D eigenvalue weighted by atomic mass is 9.86. The lowest BCUT2D eigenvalue weighted by Crippen LogP contribution is -2.99. The molecule has 3 heterocycles. The molecule has 2 amide bonds. The SMILES string of the molecule is CC(C)OCCCN1CC(=O)N2C(Cc3c([nH]c4ccccc34)C2c2cccc([NH+]([O-])O)c2)C1=O. The second-order valence-electron chi connectivity index (χ2n) is 9.45. The Bertz CT molecular complexity index is 1250. The van der Waals surface area contributed by atoms with Crippen LogP contribution in [0.15, 0.2) is 48.5 Å². The maximum Gasteiger partial charge on any atom is 0.246 e. The molecule has 0 bridgehead atoms. The third kappa shape index (κ3) is 4.32. The van der Waals surface area contributed by atoms with Crippen LogP contribution in [0.5, 0.6) is 0 Å². The van der Waals surface area contributed by atoms with Gasteiger partial charge in [-0.2, -0.15) is 5.23 Å². The first-order valence-corrected chi connectivity index (χ1v) is 12.0. The van der Waals surface area contributed by atoms with Gasteiger partial charge in [0.15, 0.2) is 5.69 Å². The zero-order valence-corrected chi connectivity index (χ0v) is 19.9. The molecule has 3 atom stereocenters. The number of nitrogens with one attached hydrogen (secondary N) is 2. The average Bonchev–Trinajstić information content (AvgIpc) is 3.21. The van der Waals surface area contributed by atoms with Gasteiger partial charge in [-0.3, -0.25) is 9.59 Å². The van der Waals surface area contributed by atoms with Crippen LogP contribution >= 0.6 is 0 Å². The summed E-state index contributed by atoms with van der Waals surface area (Å²) in [6.07, 6.45) is 1.19. The van der Waals surface area contributed by atoms with E-state index in [1.165, 1.54) is 6.07 Å². The molecule has 9 heteroatoms. The van der Waals surface area contributed by atoms with Crippen molar-refractivity contribution in [1.29, 1.82) is 0 Å². The van der Waals surface area contributed by atoms with E-state index in [0.29, 0.717) is 31.6 Å². The topological polar surface area (TPSA) is 113 Å². The quantitative estimate of drug-likeness (QED) is 0.355. The van der Waals surface area contributed by atoms with E-state index in [0.717, 1.165) is 22.2 Å². The first-order chi connectivity index (χ1) is 16.8. The molecule has 2 aliphatic rings. The molecule has 0 radical (unpaired) electrons. The number of benzene rings is 2. The van der Waals surface area contributed by atoms with Crippen LogP contribution in [-0.2, 0) is 20.7 Å². The van der Waals surface area contributed by atoms with Gasteiger partial charge in [0, 0.05) is 48.3 Å². The van der Waals surface area contributed by atoms with Crippen LogP contribution in [0.25, 0.3) is 10.9 Å².